The van der Waals surface area contributed by atoms with Gasteiger partial charge < -0.3 is 15.1 Å². The fourth-order valence-electron chi connectivity index (χ4n) is 2.85. The predicted octanol–water partition coefficient (Wildman–Crippen LogP) is 3.20. The monoisotopic (exact) mass is 465 g/mol. The smallest absolute Gasteiger partial charge is 0.194 e. The number of halogens is 1. The van der Waals surface area contributed by atoms with Gasteiger partial charge in [0.15, 0.2) is 5.96 Å². The Bertz CT molecular complexity index is 497. The molecule has 0 aliphatic carbocycles. The molecule has 0 spiro atoms. The van der Waals surface area contributed by atoms with E-state index < -0.39 is 0 Å². The molecule has 24 heavy (non-hydrogen) atoms. The molecule has 2 rings (SSSR count). The van der Waals surface area contributed by atoms with Crippen LogP contribution in [-0.4, -0.2) is 60.5 Å². The van der Waals surface area contributed by atoms with Crippen LogP contribution in [0.15, 0.2) is 10.4 Å². The van der Waals surface area contributed by atoms with Gasteiger partial charge in [-0.3, -0.25) is 4.99 Å². The second-order valence-electron chi connectivity index (χ2n) is 6.47. The quantitative estimate of drug-likeness (QED) is 0.398. The molecule has 2 heterocycles. The van der Waals surface area contributed by atoms with Crippen LogP contribution in [0.25, 0.3) is 0 Å². The Morgan fingerprint density at radius 2 is 2.17 bits per heavy atom. The third kappa shape index (κ3) is 7.23. The lowest BCUT2D eigenvalue weighted by atomic mass is 9.99. The number of aryl methyl sites for hydroxylation is 1. The Morgan fingerprint density at radius 1 is 1.46 bits per heavy atom. The number of aromatic nitrogens is 1. The van der Waals surface area contributed by atoms with E-state index in [-0.39, 0.29) is 24.0 Å². The van der Waals surface area contributed by atoms with E-state index in [4.69, 9.17) is 4.99 Å². The molecule has 0 unspecified atom stereocenters. The van der Waals surface area contributed by atoms with E-state index >= 15 is 0 Å². The van der Waals surface area contributed by atoms with Crippen molar-refractivity contribution in [3.05, 3.63) is 16.1 Å². The van der Waals surface area contributed by atoms with Crippen molar-refractivity contribution in [2.75, 3.05) is 39.8 Å². The van der Waals surface area contributed by atoms with Gasteiger partial charge in [-0.1, -0.05) is 6.92 Å². The van der Waals surface area contributed by atoms with E-state index in [1.165, 1.54) is 25.9 Å². The second kappa shape index (κ2) is 11.3. The molecule has 1 saturated heterocycles. The first-order valence-corrected chi connectivity index (χ1v) is 9.59. The summed E-state index contributed by atoms with van der Waals surface area (Å²) in [4.78, 5) is 14.0. The van der Waals surface area contributed by atoms with Gasteiger partial charge in [0.1, 0.15) is 0 Å². The number of hydrogen-bond donors (Lipinski definition) is 1. The summed E-state index contributed by atoms with van der Waals surface area (Å²) in [7, 11) is 2.08. The van der Waals surface area contributed by atoms with Gasteiger partial charge in [-0.25, -0.2) is 4.98 Å². The summed E-state index contributed by atoms with van der Waals surface area (Å²) in [6.07, 6.45) is 2.65. The Balaban J connectivity index is 0.00000288. The molecule has 1 fully saturated rings. The molecule has 5 nitrogen and oxygen atoms in total. The Morgan fingerprint density at radius 3 is 2.75 bits per heavy atom. The van der Waals surface area contributed by atoms with Crippen LogP contribution < -0.4 is 5.32 Å². The van der Waals surface area contributed by atoms with E-state index in [9.17, 15) is 0 Å². The Hall–Kier alpha value is -0.410. The van der Waals surface area contributed by atoms with Gasteiger partial charge in [0.25, 0.3) is 0 Å². The van der Waals surface area contributed by atoms with Crippen LogP contribution in [0.4, 0.5) is 0 Å². The Labute approximate surface area is 168 Å². The van der Waals surface area contributed by atoms with Crippen molar-refractivity contribution in [2.45, 2.75) is 40.2 Å². The summed E-state index contributed by atoms with van der Waals surface area (Å²) in [6.45, 7) is 12.6. The number of thiazole rings is 1. The third-order valence-electron chi connectivity index (χ3n) is 4.32. The molecule has 1 aliphatic rings. The molecule has 0 saturated carbocycles. The van der Waals surface area contributed by atoms with Gasteiger partial charge in [0, 0.05) is 25.5 Å². The van der Waals surface area contributed by atoms with E-state index in [0.717, 1.165) is 48.8 Å². The number of aliphatic imine (C=N–C) groups is 1. The molecule has 7 heteroatoms. The van der Waals surface area contributed by atoms with E-state index in [2.05, 4.69) is 46.4 Å². The minimum absolute atomic E-state index is 0. The van der Waals surface area contributed by atoms with Crippen LogP contribution in [0.1, 0.15) is 37.4 Å². The highest BCUT2D eigenvalue weighted by Gasteiger charge is 2.15. The zero-order valence-electron chi connectivity index (χ0n) is 15.4. The second-order valence-corrected chi connectivity index (χ2v) is 7.54. The molecule has 1 aliphatic heterocycles. The van der Waals surface area contributed by atoms with Crippen molar-refractivity contribution in [3.63, 3.8) is 0 Å². The third-order valence-corrected chi connectivity index (χ3v) is 5.14. The van der Waals surface area contributed by atoms with Crippen molar-refractivity contribution in [1.29, 1.82) is 0 Å². The van der Waals surface area contributed by atoms with Crippen molar-refractivity contribution in [1.82, 2.24) is 20.1 Å². The minimum Gasteiger partial charge on any atom is -0.357 e. The fraction of sp³-hybridized carbons (Fsp3) is 0.765. The lowest BCUT2D eigenvalue weighted by molar-refractivity contribution is 0.197. The van der Waals surface area contributed by atoms with Gasteiger partial charge in [0.2, 0.25) is 0 Å². The summed E-state index contributed by atoms with van der Waals surface area (Å²) in [5.41, 5.74) is 1.12. The molecule has 138 valence electrons. The van der Waals surface area contributed by atoms with Crippen molar-refractivity contribution < 1.29 is 0 Å². The van der Waals surface area contributed by atoms with Gasteiger partial charge in [-0.2, -0.15) is 0 Å². The molecule has 0 aromatic carbocycles. The van der Waals surface area contributed by atoms with Crippen molar-refractivity contribution in [2.24, 2.45) is 10.9 Å². The van der Waals surface area contributed by atoms with Crippen LogP contribution in [-0.2, 0) is 6.54 Å². The average molecular weight is 465 g/mol. The standard InChI is InChI=1S/C17H31N5S.HI/c1-5-18-17(21(4)12-16-13-23-15(3)20-16)19-8-11-22-9-6-14(2)7-10-22;/h13-14H,5-12H2,1-4H3,(H,18,19);1H. The van der Waals surface area contributed by atoms with Crippen LogP contribution in [0.2, 0.25) is 0 Å². The SMILES string of the molecule is CCNC(=NCCN1CCC(C)CC1)N(C)Cc1csc(C)n1.I. The minimum atomic E-state index is 0. The van der Waals surface area contributed by atoms with Gasteiger partial charge >= 0.3 is 0 Å². The fourth-order valence-corrected chi connectivity index (χ4v) is 3.46. The first-order chi connectivity index (χ1) is 11.1. The lowest BCUT2D eigenvalue weighted by Crippen LogP contribution is -2.40. The summed E-state index contributed by atoms with van der Waals surface area (Å²) < 4.78 is 0. The molecule has 1 aromatic heterocycles. The highest BCUT2D eigenvalue weighted by atomic mass is 127. The van der Waals surface area contributed by atoms with Crippen molar-refractivity contribution in [3.8, 4) is 0 Å². The van der Waals surface area contributed by atoms with Crippen LogP contribution in [0.5, 0.6) is 0 Å². The first kappa shape index (κ1) is 21.6. The molecule has 1 aromatic rings. The molecule has 0 radical (unpaired) electrons. The number of piperidine rings is 1. The summed E-state index contributed by atoms with van der Waals surface area (Å²) in [5, 5.41) is 6.64. The van der Waals surface area contributed by atoms with Gasteiger partial charge in [-0.15, -0.1) is 35.3 Å². The summed E-state index contributed by atoms with van der Waals surface area (Å²) in [6, 6.07) is 0. The Kier molecular flexibility index (Phi) is 10.1. The average Bonchev–Trinajstić information content (AvgIpc) is 2.93. The molecular formula is C17H32IN5S. The summed E-state index contributed by atoms with van der Waals surface area (Å²) >= 11 is 1.70. The number of guanidine groups is 1. The molecule has 1 N–H and O–H groups in total. The topological polar surface area (TPSA) is 43.8 Å². The first-order valence-electron chi connectivity index (χ1n) is 8.71. The van der Waals surface area contributed by atoms with E-state index in [1.54, 1.807) is 11.3 Å². The maximum atomic E-state index is 4.79. The molecular weight excluding hydrogens is 433 g/mol. The van der Waals surface area contributed by atoms with Crippen LogP contribution in [0.3, 0.4) is 0 Å². The highest BCUT2D eigenvalue weighted by molar-refractivity contribution is 14.0. The van der Waals surface area contributed by atoms with Gasteiger partial charge in [-0.05, 0) is 45.7 Å². The number of likely N-dealkylation sites (tertiary alicyclic amines) is 1. The highest BCUT2D eigenvalue weighted by Crippen LogP contribution is 2.15. The maximum absolute atomic E-state index is 4.79. The maximum Gasteiger partial charge on any atom is 0.194 e. The number of rotatable bonds is 6. The molecule has 0 atom stereocenters. The van der Waals surface area contributed by atoms with E-state index in [0.29, 0.717) is 0 Å². The zero-order chi connectivity index (χ0) is 16.7. The van der Waals surface area contributed by atoms with Crippen LogP contribution >= 0.6 is 35.3 Å². The molecule has 0 bridgehead atoms. The largest absolute Gasteiger partial charge is 0.357 e. The molecule has 0 amide bonds. The number of nitrogens with zero attached hydrogens (tertiary/aromatic N) is 4. The lowest BCUT2D eigenvalue weighted by Gasteiger charge is -2.29. The van der Waals surface area contributed by atoms with E-state index in [1.807, 2.05) is 6.92 Å². The predicted molar refractivity (Wildman–Crippen MR) is 115 cm³/mol. The zero-order valence-corrected chi connectivity index (χ0v) is 18.6. The van der Waals surface area contributed by atoms with Crippen molar-refractivity contribution >= 4 is 41.3 Å². The van der Waals surface area contributed by atoms with Gasteiger partial charge in [0.05, 0.1) is 23.8 Å². The normalized spacial score (nSPS) is 16.8. The summed E-state index contributed by atoms with van der Waals surface area (Å²) in [5.74, 6) is 1.86. The number of nitrogens with one attached hydrogen (secondary N) is 1. The van der Waals surface area contributed by atoms with Crippen LogP contribution in [0, 0.1) is 12.8 Å². The number of hydrogen-bond acceptors (Lipinski definition) is 4.